The Morgan fingerprint density at radius 3 is 2.68 bits per heavy atom. The molecule has 0 aliphatic rings. The molecule has 0 radical (unpaired) electrons. The van der Waals surface area contributed by atoms with Crippen molar-refractivity contribution in [3.8, 4) is 0 Å². The number of aromatic amines is 1. The zero-order valence-electron chi connectivity index (χ0n) is 11.1. The van der Waals surface area contributed by atoms with Crippen LogP contribution in [0.3, 0.4) is 0 Å². The molecule has 0 aliphatic carbocycles. The lowest BCUT2D eigenvalue weighted by Crippen LogP contribution is -2.13. The number of H-pyrrole nitrogens is 1. The maximum absolute atomic E-state index is 11.3. The molecule has 0 atom stereocenters. The van der Waals surface area contributed by atoms with Crippen molar-refractivity contribution in [2.45, 2.75) is 37.7 Å². The first-order valence-electron chi connectivity index (χ1n) is 6.06. The Balaban J connectivity index is 2.21. The van der Waals surface area contributed by atoms with E-state index in [0.29, 0.717) is 5.16 Å². The second kappa shape index (κ2) is 5.96. The highest BCUT2D eigenvalue weighted by atomic mass is 79.9. The van der Waals surface area contributed by atoms with E-state index in [0.717, 1.165) is 34.6 Å². The fourth-order valence-electron chi connectivity index (χ4n) is 1.75. The molecular weight excluding hydrogens is 330 g/mol. The van der Waals surface area contributed by atoms with Crippen LogP contribution in [-0.2, 0) is 25.8 Å². The molecule has 0 spiro atoms. The summed E-state index contributed by atoms with van der Waals surface area (Å²) in [4.78, 5) is 11.3. The van der Waals surface area contributed by atoms with Crippen LogP contribution in [0.4, 0.5) is 0 Å². The van der Waals surface area contributed by atoms with Gasteiger partial charge in [-0.3, -0.25) is 9.25 Å². The van der Waals surface area contributed by atoms with Crippen LogP contribution in [0.5, 0.6) is 0 Å². The Morgan fingerprint density at radius 2 is 2.16 bits per heavy atom. The minimum atomic E-state index is -0.195. The van der Waals surface area contributed by atoms with Gasteiger partial charge in [0.15, 0.2) is 5.16 Å². The molecule has 0 unspecified atom stereocenters. The number of hydrogen-bond acceptors (Lipinski definition) is 4. The first kappa shape index (κ1) is 14.4. The molecular formula is C11H16BrN5OS. The summed E-state index contributed by atoms with van der Waals surface area (Å²) in [5.74, 6) is 0.722. The highest BCUT2D eigenvalue weighted by molar-refractivity contribution is 9.10. The minimum absolute atomic E-state index is 0.195. The van der Waals surface area contributed by atoms with Gasteiger partial charge in [-0.25, -0.2) is 9.89 Å². The summed E-state index contributed by atoms with van der Waals surface area (Å²) in [6.45, 7) is 4.98. The second-order valence-electron chi connectivity index (χ2n) is 4.04. The molecule has 1 N–H and O–H groups in total. The topological polar surface area (TPSA) is 68.5 Å². The van der Waals surface area contributed by atoms with E-state index in [2.05, 4.69) is 45.1 Å². The Kier molecular flexibility index (Phi) is 4.51. The highest BCUT2D eigenvalue weighted by Crippen LogP contribution is 2.28. The van der Waals surface area contributed by atoms with Gasteiger partial charge in [-0.2, -0.15) is 5.10 Å². The average molecular weight is 346 g/mol. The van der Waals surface area contributed by atoms with Crippen LogP contribution in [0.2, 0.25) is 0 Å². The number of rotatable bonds is 5. The van der Waals surface area contributed by atoms with Gasteiger partial charge >= 0.3 is 5.69 Å². The van der Waals surface area contributed by atoms with Crippen LogP contribution >= 0.6 is 27.7 Å². The first-order chi connectivity index (χ1) is 9.08. The van der Waals surface area contributed by atoms with E-state index in [4.69, 9.17) is 0 Å². The van der Waals surface area contributed by atoms with Crippen LogP contribution in [-0.4, -0.2) is 24.5 Å². The van der Waals surface area contributed by atoms with Gasteiger partial charge in [0.1, 0.15) is 0 Å². The number of halogens is 1. The molecule has 0 saturated heterocycles. The van der Waals surface area contributed by atoms with E-state index >= 15 is 0 Å². The maximum atomic E-state index is 11.3. The van der Waals surface area contributed by atoms with E-state index in [-0.39, 0.29) is 5.69 Å². The monoisotopic (exact) mass is 345 g/mol. The summed E-state index contributed by atoms with van der Waals surface area (Å²) in [6, 6.07) is 0. The van der Waals surface area contributed by atoms with Crippen molar-refractivity contribution in [3.05, 3.63) is 26.3 Å². The van der Waals surface area contributed by atoms with Crippen molar-refractivity contribution in [3.63, 3.8) is 0 Å². The van der Waals surface area contributed by atoms with Gasteiger partial charge in [0.25, 0.3) is 0 Å². The lowest BCUT2D eigenvalue weighted by Gasteiger charge is -2.04. The standard InChI is InChI=1S/C11H16BrN5OS/c1-4-7-9(12)8(17(5-2)15-7)6-19-11-14-13-10(18)16(11)3/h4-6H2,1-3H3,(H,13,18). The molecule has 0 amide bonds. The Bertz CT molecular complexity index is 630. The molecule has 6 nitrogen and oxygen atoms in total. The fourth-order valence-corrected chi connectivity index (χ4v) is 3.59. The summed E-state index contributed by atoms with van der Waals surface area (Å²) < 4.78 is 4.55. The summed E-state index contributed by atoms with van der Waals surface area (Å²) in [5.41, 5.74) is 1.99. The molecule has 19 heavy (non-hydrogen) atoms. The molecule has 2 aromatic rings. The van der Waals surface area contributed by atoms with Gasteiger partial charge in [0.05, 0.1) is 15.9 Å². The van der Waals surface area contributed by atoms with E-state index in [9.17, 15) is 4.79 Å². The summed E-state index contributed by atoms with van der Waals surface area (Å²) >= 11 is 5.13. The number of nitrogens with one attached hydrogen (secondary N) is 1. The van der Waals surface area contributed by atoms with Gasteiger partial charge in [-0.05, 0) is 29.3 Å². The van der Waals surface area contributed by atoms with Crippen molar-refractivity contribution >= 4 is 27.7 Å². The number of aryl methyl sites for hydroxylation is 2. The maximum Gasteiger partial charge on any atom is 0.343 e. The zero-order valence-corrected chi connectivity index (χ0v) is 13.5. The van der Waals surface area contributed by atoms with Crippen molar-refractivity contribution in [2.75, 3.05) is 0 Å². The van der Waals surface area contributed by atoms with Crippen LogP contribution in [0.25, 0.3) is 0 Å². The molecule has 2 heterocycles. The van der Waals surface area contributed by atoms with Crippen LogP contribution in [0, 0.1) is 0 Å². The quantitative estimate of drug-likeness (QED) is 0.840. The van der Waals surface area contributed by atoms with Crippen molar-refractivity contribution in [1.29, 1.82) is 0 Å². The van der Waals surface area contributed by atoms with E-state index in [1.165, 1.54) is 16.3 Å². The number of aromatic nitrogens is 5. The molecule has 0 fully saturated rings. The predicted molar refractivity (Wildman–Crippen MR) is 78.4 cm³/mol. The number of nitrogens with zero attached hydrogens (tertiary/aromatic N) is 4. The SMILES string of the molecule is CCc1nn(CC)c(CSc2n[nH]c(=O)n2C)c1Br. The average Bonchev–Trinajstić information content (AvgIpc) is 2.89. The molecule has 2 rings (SSSR count). The van der Waals surface area contributed by atoms with E-state index in [1.54, 1.807) is 7.05 Å². The van der Waals surface area contributed by atoms with Crippen molar-refractivity contribution < 1.29 is 0 Å². The van der Waals surface area contributed by atoms with E-state index in [1.807, 2.05) is 4.68 Å². The Labute approximate surface area is 123 Å². The van der Waals surface area contributed by atoms with Gasteiger partial charge in [-0.1, -0.05) is 18.7 Å². The summed E-state index contributed by atoms with van der Waals surface area (Å²) in [6.07, 6.45) is 0.895. The van der Waals surface area contributed by atoms with Gasteiger partial charge < -0.3 is 0 Å². The summed E-state index contributed by atoms with van der Waals surface area (Å²) in [7, 11) is 1.71. The van der Waals surface area contributed by atoms with Gasteiger partial charge in [0, 0.05) is 19.3 Å². The largest absolute Gasteiger partial charge is 0.343 e. The minimum Gasteiger partial charge on any atom is -0.273 e. The third-order valence-corrected chi connectivity index (χ3v) is 4.83. The highest BCUT2D eigenvalue weighted by Gasteiger charge is 2.15. The molecule has 0 aromatic carbocycles. The van der Waals surface area contributed by atoms with Crippen LogP contribution in [0.1, 0.15) is 25.2 Å². The van der Waals surface area contributed by atoms with Gasteiger partial charge in [0.2, 0.25) is 0 Å². The second-order valence-corrected chi connectivity index (χ2v) is 5.77. The lowest BCUT2D eigenvalue weighted by molar-refractivity contribution is 0.627. The lowest BCUT2D eigenvalue weighted by atomic mass is 10.3. The fraction of sp³-hybridized carbons (Fsp3) is 0.545. The Hall–Kier alpha value is -1.02. The molecule has 0 aliphatic heterocycles. The number of hydrogen-bond donors (Lipinski definition) is 1. The molecule has 0 saturated carbocycles. The molecule has 8 heteroatoms. The zero-order chi connectivity index (χ0) is 14.0. The van der Waals surface area contributed by atoms with Crippen LogP contribution < -0.4 is 5.69 Å². The molecule has 0 bridgehead atoms. The summed E-state index contributed by atoms with van der Waals surface area (Å²) in [5, 5.41) is 11.6. The normalized spacial score (nSPS) is 11.2. The molecule has 104 valence electrons. The molecule has 2 aromatic heterocycles. The first-order valence-corrected chi connectivity index (χ1v) is 7.84. The van der Waals surface area contributed by atoms with Gasteiger partial charge in [-0.15, -0.1) is 5.10 Å². The Morgan fingerprint density at radius 1 is 1.42 bits per heavy atom. The van der Waals surface area contributed by atoms with Crippen molar-refractivity contribution in [2.24, 2.45) is 7.05 Å². The predicted octanol–water partition coefficient (Wildman–Crippen LogP) is 1.94. The number of thioether (sulfide) groups is 1. The third kappa shape index (κ3) is 2.79. The third-order valence-electron chi connectivity index (χ3n) is 2.87. The van der Waals surface area contributed by atoms with Crippen molar-refractivity contribution in [1.82, 2.24) is 24.5 Å². The van der Waals surface area contributed by atoms with Crippen LogP contribution in [0.15, 0.2) is 14.4 Å². The smallest absolute Gasteiger partial charge is 0.273 e. The van der Waals surface area contributed by atoms with E-state index < -0.39 is 0 Å².